The number of aromatic amines is 3. The Morgan fingerprint density at radius 1 is 0.633 bits per heavy atom. The first-order valence-corrected chi connectivity index (χ1v) is 30.9. The number of aryl methyl sites for hydroxylation is 1. The van der Waals surface area contributed by atoms with E-state index in [0.717, 1.165) is 44.5 Å². The van der Waals surface area contributed by atoms with Gasteiger partial charge in [0.05, 0.1) is 30.4 Å². The molecule has 0 saturated carbocycles. The van der Waals surface area contributed by atoms with Gasteiger partial charge in [0, 0.05) is 95.6 Å². The number of hydroxylamine groups is 2. The van der Waals surface area contributed by atoms with E-state index in [-0.39, 0.29) is 74.3 Å². The molecule has 1 unspecified atom stereocenters. The molecule has 8 rings (SSSR count). The molecule has 2 amide bonds. The molecule has 4 aromatic heterocycles. The largest absolute Gasteiger partial charge is 0.472 e. The topological polar surface area (TPSA) is 345 Å². The fourth-order valence-electron chi connectivity index (χ4n) is 5.45. The first-order valence-electron chi connectivity index (χ1n) is 28.5. The number of hydrogen-bond donors (Lipinski definition) is 10. The van der Waals surface area contributed by atoms with Gasteiger partial charge in [-0.05, 0) is 37.8 Å². The summed E-state index contributed by atoms with van der Waals surface area (Å²) in [5.74, 6) is 8.72. The lowest BCUT2D eigenvalue weighted by atomic mass is 10.0. The van der Waals surface area contributed by atoms with E-state index in [1.165, 1.54) is 60.5 Å². The molecule has 4 aliphatic rings. The van der Waals surface area contributed by atoms with E-state index < -0.39 is 6.23 Å². The number of rotatable bonds is 10. The lowest BCUT2D eigenvalue weighted by Gasteiger charge is -2.06. The highest BCUT2D eigenvalue weighted by molar-refractivity contribution is 8.02. The van der Waals surface area contributed by atoms with E-state index in [4.69, 9.17) is 23.7 Å². The quantitative estimate of drug-likeness (QED) is 0.0659. The van der Waals surface area contributed by atoms with Crippen molar-refractivity contribution in [2.45, 2.75) is 198 Å². The number of nitrogens with zero attached hydrogens (tertiary/aromatic N) is 6. The minimum absolute atomic E-state index is 0. The number of amidine groups is 3. The van der Waals surface area contributed by atoms with Crippen LogP contribution in [0.4, 0.5) is 0 Å². The van der Waals surface area contributed by atoms with Gasteiger partial charge in [-0.3, -0.25) is 33.4 Å². The minimum Gasteiger partial charge on any atom is -0.472 e. The van der Waals surface area contributed by atoms with Crippen LogP contribution in [0.5, 0.6) is 0 Å². The maximum Gasteiger partial charge on any atom is 0.280 e. The highest BCUT2D eigenvalue weighted by Gasteiger charge is 2.21. The Morgan fingerprint density at radius 3 is 1.32 bits per heavy atom. The van der Waals surface area contributed by atoms with Crippen molar-refractivity contribution in [2.75, 3.05) is 14.1 Å². The molecule has 28 heteroatoms. The highest BCUT2D eigenvalue weighted by atomic mass is 32.2. The zero-order valence-electron chi connectivity index (χ0n) is 55.4. The van der Waals surface area contributed by atoms with Crippen LogP contribution in [0.15, 0.2) is 110 Å². The van der Waals surface area contributed by atoms with E-state index in [9.17, 15) is 24.0 Å². The summed E-state index contributed by atoms with van der Waals surface area (Å²) in [5.41, 5.74) is 7.53. The van der Waals surface area contributed by atoms with Crippen LogP contribution < -0.4 is 47.6 Å². The second-order valence-electron chi connectivity index (χ2n) is 22.1. The number of nitrogens with one attached hydrogen (secondary N) is 9. The van der Waals surface area contributed by atoms with Gasteiger partial charge >= 0.3 is 0 Å². The fourth-order valence-corrected chi connectivity index (χ4v) is 7.47. The van der Waals surface area contributed by atoms with Crippen LogP contribution >= 0.6 is 35.6 Å². The molecular formula is C62H113N15O10S3. The minimum atomic E-state index is -0.532. The summed E-state index contributed by atoms with van der Waals surface area (Å²) < 4.78 is 22.2. The van der Waals surface area contributed by atoms with Crippen LogP contribution in [0.25, 0.3) is 0 Å². The van der Waals surface area contributed by atoms with Crippen molar-refractivity contribution in [3.63, 3.8) is 0 Å². The molecule has 0 aromatic carbocycles. The molecule has 1 atom stereocenters. The molecule has 90 heavy (non-hydrogen) atoms. The zero-order valence-corrected chi connectivity index (χ0v) is 57.8. The summed E-state index contributed by atoms with van der Waals surface area (Å²) >= 11 is 4.11. The smallest absolute Gasteiger partial charge is 0.280 e. The highest BCUT2D eigenvalue weighted by Crippen LogP contribution is 2.20. The number of hydrogen-bond acceptors (Lipinski definition) is 23. The second kappa shape index (κ2) is 49.7. The van der Waals surface area contributed by atoms with Crippen molar-refractivity contribution < 1.29 is 33.3 Å². The average molecular weight is 1320 g/mol. The number of aromatic nitrogens is 5. The van der Waals surface area contributed by atoms with Crippen LogP contribution in [0, 0.1) is 42.4 Å². The number of carbonyl (C=O) groups excluding carboxylic acids is 2. The van der Waals surface area contributed by atoms with Crippen LogP contribution in [-0.4, -0.2) is 85.2 Å². The molecule has 8 heterocycles. The molecule has 514 valence electrons. The molecule has 25 nitrogen and oxygen atoms in total. The van der Waals surface area contributed by atoms with Crippen LogP contribution in [0.1, 0.15) is 212 Å². The van der Waals surface area contributed by atoms with Crippen molar-refractivity contribution in [1.29, 1.82) is 0 Å². The number of H-pyrrole nitrogens is 3. The van der Waals surface area contributed by atoms with E-state index >= 15 is 0 Å². The fraction of sp³-hybridized carbons (Fsp3) is 0.597. The summed E-state index contributed by atoms with van der Waals surface area (Å²) in [7, 11) is 3.28. The molecule has 0 aliphatic carbocycles. The Bertz CT molecular complexity index is 2770. The third-order valence-corrected chi connectivity index (χ3v) is 13.2. The van der Waals surface area contributed by atoms with Gasteiger partial charge in [-0.2, -0.15) is 20.2 Å². The van der Waals surface area contributed by atoms with Gasteiger partial charge in [-0.15, -0.1) is 0 Å². The van der Waals surface area contributed by atoms with Crippen LogP contribution in [0.2, 0.25) is 0 Å². The maximum atomic E-state index is 11.4. The SMILES string of the molecule is C.C.C.C=C1N=C(C(C)C)NO1.C=C1N=C(C(C)C)NO1.C=C1N=C(C(C)C)NS1.CC(C)C1=NSNC1O.CC(C)c1cc(=O)[nH]o1.CC(C)c1cc(=O)[nH]s1.CC(C)c1ncn[nH]1.CNC(=O)C(C)C.CNC(=O)C(C)C.Cc1cocc(C(C)C)c1=O. The van der Waals surface area contributed by atoms with E-state index in [2.05, 4.69) is 136 Å². The number of carbonyl (C=O) groups is 2. The predicted molar refractivity (Wildman–Crippen MR) is 377 cm³/mol. The van der Waals surface area contributed by atoms with Gasteiger partial charge in [0.15, 0.2) is 11.7 Å². The van der Waals surface area contributed by atoms with Crippen molar-refractivity contribution in [3.8, 4) is 0 Å². The first-order chi connectivity index (χ1) is 40.5. The monoisotopic (exact) mass is 1320 g/mol. The molecular weight excluding hydrogens is 1210 g/mol. The third-order valence-electron chi connectivity index (χ3n) is 10.8. The lowest BCUT2D eigenvalue weighted by Crippen LogP contribution is -2.29. The Morgan fingerprint density at radius 2 is 1.13 bits per heavy atom. The van der Waals surface area contributed by atoms with Crippen molar-refractivity contribution in [2.24, 2.45) is 54.9 Å². The lowest BCUT2D eigenvalue weighted by molar-refractivity contribution is -0.124. The summed E-state index contributed by atoms with van der Waals surface area (Å²) in [6.07, 6.45) is 4.00. The molecule has 10 N–H and O–H groups in total. The summed E-state index contributed by atoms with van der Waals surface area (Å²) in [6, 6.07) is 3.11. The number of aliphatic imine (C=N–C) groups is 3. The summed E-state index contributed by atoms with van der Waals surface area (Å²) in [6.45, 7) is 52.5. The predicted octanol–water partition coefficient (Wildman–Crippen LogP) is 12.8. The van der Waals surface area contributed by atoms with Crippen molar-refractivity contribution in [3.05, 3.63) is 126 Å². The number of aliphatic hydroxyl groups excluding tert-OH is 1. The average Bonchev–Trinajstić information content (AvgIpc) is 2.53. The van der Waals surface area contributed by atoms with Gasteiger partial charge < -0.3 is 39.1 Å². The second-order valence-corrected chi connectivity index (χ2v) is 24.5. The van der Waals surface area contributed by atoms with E-state index in [1.54, 1.807) is 27.1 Å². The maximum absolute atomic E-state index is 11.4. The Balaban J connectivity index is -0.000000297. The van der Waals surface area contributed by atoms with Crippen molar-refractivity contribution in [1.82, 2.24) is 55.7 Å². The number of aliphatic hydroxyl groups is 1. The molecule has 0 fully saturated rings. The zero-order chi connectivity index (χ0) is 67.3. The molecule has 4 aromatic rings. The Labute approximate surface area is 549 Å². The van der Waals surface area contributed by atoms with Crippen molar-refractivity contribution >= 4 is 70.6 Å². The molecule has 0 saturated heterocycles. The third kappa shape index (κ3) is 40.6. The van der Waals surface area contributed by atoms with Gasteiger partial charge in [0.25, 0.3) is 11.1 Å². The summed E-state index contributed by atoms with van der Waals surface area (Å²) in [5, 5.41) is 23.7. The Kier molecular flexibility index (Phi) is 50.7. The molecule has 0 spiro atoms. The van der Waals surface area contributed by atoms with Crippen LogP contribution in [-0.2, 0) is 19.3 Å². The Hall–Kier alpha value is -7.01. The van der Waals surface area contributed by atoms with Gasteiger partial charge in [0.2, 0.25) is 23.6 Å². The molecule has 4 aliphatic heterocycles. The molecule has 0 bridgehead atoms. The first kappa shape index (κ1) is 91.7. The normalized spacial score (nSPS) is 13.7. The summed E-state index contributed by atoms with van der Waals surface area (Å²) in [4.78, 5) is 79.9. The van der Waals surface area contributed by atoms with Gasteiger partial charge in [-0.1, -0.05) is 179 Å². The van der Waals surface area contributed by atoms with Gasteiger partial charge in [0.1, 0.15) is 40.4 Å². The standard InChI is InChI=1S/C9H12O2.2C6H10N2O.C6H10N2S.C6H9NO2.C6H9NOS.C5H9N3.C5H10N2OS.2C5H11NO.3CH4/c1-6(2)8-5-11-4-7(3)9(8)10;3*1-4(2)6-7-5(3)9-8-6;2*1-4(2)5-3-6(8)7-9-5;1-4(2)5-6-3-7-8-5;1-3(2)4-5(8)7-9-6-4;2*1-4(2)5(7)6-3;;;/h4-6H,1-3H3;3*4H,3H2,1-2H3,(H,7,8);2*3-4H,1-2H3,(H,7,8);3-4H,1-2H3,(H,6,7,8);3,5,7-8H,1-2H3;2*4H,1-3H3,(H,6,7);3*1H4. The number of amides is 2. The van der Waals surface area contributed by atoms with E-state index in [1.807, 2.05) is 96.9 Å². The van der Waals surface area contributed by atoms with Crippen LogP contribution in [0.3, 0.4) is 0 Å². The van der Waals surface area contributed by atoms with Gasteiger partial charge in [-0.25, -0.2) is 30.1 Å². The van der Waals surface area contributed by atoms with E-state index in [0.29, 0.717) is 58.6 Å². The molecule has 0 radical (unpaired) electrons.